The third kappa shape index (κ3) is 3.59. The summed E-state index contributed by atoms with van der Waals surface area (Å²) in [7, 11) is 0. The molecule has 0 spiro atoms. The molecule has 1 heterocycles. The van der Waals surface area contributed by atoms with Crippen LogP contribution in [0.5, 0.6) is 0 Å². The van der Waals surface area contributed by atoms with Gasteiger partial charge < -0.3 is 15.3 Å². The van der Waals surface area contributed by atoms with Gasteiger partial charge in [-0.2, -0.15) is 0 Å². The van der Waals surface area contributed by atoms with E-state index in [0.29, 0.717) is 24.2 Å². The predicted octanol–water partition coefficient (Wildman–Crippen LogP) is 1.36. The molecule has 6 nitrogen and oxygen atoms in total. The molecule has 0 aromatic heterocycles. The van der Waals surface area contributed by atoms with Gasteiger partial charge in [0, 0.05) is 17.8 Å². The monoisotopic (exact) mass is 290 g/mol. The summed E-state index contributed by atoms with van der Waals surface area (Å²) in [6.45, 7) is 3.88. The van der Waals surface area contributed by atoms with Gasteiger partial charge in [-0.15, -0.1) is 0 Å². The quantitative estimate of drug-likeness (QED) is 0.857. The van der Waals surface area contributed by atoms with E-state index in [9.17, 15) is 14.4 Å². The first-order valence-corrected chi connectivity index (χ1v) is 6.80. The van der Waals surface area contributed by atoms with Crippen LogP contribution in [0.1, 0.15) is 29.8 Å². The van der Waals surface area contributed by atoms with Crippen molar-refractivity contribution in [3.63, 3.8) is 0 Å². The Morgan fingerprint density at radius 2 is 2.10 bits per heavy atom. The van der Waals surface area contributed by atoms with Crippen LogP contribution in [0.3, 0.4) is 0 Å². The molecule has 0 unspecified atom stereocenters. The smallest absolute Gasteiger partial charge is 0.323 e. The lowest BCUT2D eigenvalue weighted by atomic mass is 10.1. The molecule has 6 heteroatoms. The van der Waals surface area contributed by atoms with E-state index in [2.05, 4.69) is 5.32 Å². The minimum Gasteiger partial charge on any atom is -0.480 e. The molecule has 0 aliphatic carbocycles. The highest BCUT2D eigenvalue weighted by molar-refractivity contribution is 6.02. The Labute approximate surface area is 122 Å². The standard InChI is InChI=1S/C15H18N2O4/c1-9(2)7-17(8-14(19)20)15(21)11-4-3-10-6-13(18)16-12(10)5-11/h3-5,9H,6-8H2,1-2H3,(H,16,18)(H,19,20). The molecule has 1 aliphatic rings. The molecule has 21 heavy (non-hydrogen) atoms. The van der Waals surface area contributed by atoms with Crippen molar-refractivity contribution in [1.82, 2.24) is 4.90 Å². The fourth-order valence-corrected chi connectivity index (χ4v) is 2.35. The molecule has 1 aliphatic heterocycles. The van der Waals surface area contributed by atoms with Crippen LogP contribution in [-0.4, -0.2) is 40.9 Å². The number of hydrogen-bond donors (Lipinski definition) is 2. The predicted molar refractivity (Wildman–Crippen MR) is 77.2 cm³/mol. The second-order valence-electron chi connectivity index (χ2n) is 5.57. The van der Waals surface area contributed by atoms with Gasteiger partial charge in [0.05, 0.1) is 6.42 Å². The summed E-state index contributed by atoms with van der Waals surface area (Å²) in [5, 5.41) is 11.6. The molecule has 2 rings (SSSR count). The zero-order valence-corrected chi connectivity index (χ0v) is 12.0. The van der Waals surface area contributed by atoms with Gasteiger partial charge in [-0.1, -0.05) is 19.9 Å². The van der Waals surface area contributed by atoms with Crippen LogP contribution in [0.15, 0.2) is 18.2 Å². The van der Waals surface area contributed by atoms with E-state index in [0.717, 1.165) is 5.56 Å². The number of nitrogens with one attached hydrogen (secondary N) is 1. The molecule has 1 aromatic rings. The molecule has 0 radical (unpaired) electrons. The van der Waals surface area contributed by atoms with Gasteiger partial charge in [0.25, 0.3) is 5.91 Å². The average molecular weight is 290 g/mol. The molecule has 0 fully saturated rings. The van der Waals surface area contributed by atoms with Crippen molar-refractivity contribution < 1.29 is 19.5 Å². The lowest BCUT2D eigenvalue weighted by Crippen LogP contribution is -2.38. The number of carboxylic acids is 1. The third-order valence-electron chi connectivity index (χ3n) is 3.18. The van der Waals surface area contributed by atoms with Crippen LogP contribution < -0.4 is 5.32 Å². The Morgan fingerprint density at radius 3 is 2.71 bits per heavy atom. The zero-order chi connectivity index (χ0) is 15.6. The molecule has 0 bridgehead atoms. The number of anilines is 1. The van der Waals surface area contributed by atoms with E-state index < -0.39 is 5.97 Å². The van der Waals surface area contributed by atoms with Gasteiger partial charge in [0.1, 0.15) is 6.54 Å². The molecule has 0 saturated heterocycles. The average Bonchev–Trinajstić information content (AvgIpc) is 2.74. The van der Waals surface area contributed by atoms with Gasteiger partial charge in [-0.3, -0.25) is 14.4 Å². The van der Waals surface area contributed by atoms with Crippen molar-refractivity contribution in [3.05, 3.63) is 29.3 Å². The number of rotatable bonds is 5. The third-order valence-corrected chi connectivity index (χ3v) is 3.18. The summed E-state index contributed by atoms with van der Waals surface area (Å²) in [4.78, 5) is 36.0. The topological polar surface area (TPSA) is 86.7 Å². The van der Waals surface area contributed by atoms with Crippen molar-refractivity contribution >= 4 is 23.5 Å². The van der Waals surface area contributed by atoms with Crippen molar-refractivity contribution in [2.75, 3.05) is 18.4 Å². The molecule has 0 saturated carbocycles. The fourth-order valence-electron chi connectivity index (χ4n) is 2.35. The van der Waals surface area contributed by atoms with E-state index in [-0.39, 0.29) is 24.3 Å². The molecule has 2 amide bonds. The highest BCUT2D eigenvalue weighted by Gasteiger charge is 2.23. The van der Waals surface area contributed by atoms with Crippen LogP contribution >= 0.6 is 0 Å². The Balaban J connectivity index is 2.22. The van der Waals surface area contributed by atoms with E-state index in [4.69, 9.17) is 5.11 Å². The Bertz CT molecular complexity index is 595. The minimum absolute atomic E-state index is 0.0980. The summed E-state index contributed by atoms with van der Waals surface area (Å²) in [5.41, 5.74) is 1.87. The van der Waals surface area contributed by atoms with Gasteiger partial charge in [0.15, 0.2) is 0 Å². The lowest BCUT2D eigenvalue weighted by molar-refractivity contribution is -0.137. The van der Waals surface area contributed by atoms with Gasteiger partial charge >= 0.3 is 5.97 Å². The number of carboxylic acid groups (broad SMARTS) is 1. The number of nitrogens with zero attached hydrogens (tertiary/aromatic N) is 1. The second kappa shape index (κ2) is 5.95. The normalized spacial score (nSPS) is 13.0. The number of benzene rings is 1. The number of hydrogen-bond acceptors (Lipinski definition) is 3. The summed E-state index contributed by atoms with van der Waals surface area (Å²) < 4.78 is 0. The second-order valence-corrected chi connectivity index (χ2v) is 5.57. The molecule has 2 N–H and O–H groups in total. The maximum absolute atomic E-state index is 12.4. The van der Waals surface area contributed by atoms with E-state index >= 15 is 0 Å². The number of fused-ring (bicyclic) bond motifs is 1. The van der Waals surface area contributed by atoms with Gasteiger partial charge in [-0.05, 0) is 23.6 Å². The van der Waals surface area contributed by atoms with E-state index in [1.54, 1.807) is 18.2 Å². The van der Waals surface area contributed by atoms with Crippen molar-refractivity contribution in [2.45, 2.75) is 20.3 Å². The zero-order valence-electron chi connectivity index (χ0n) is 12.0. The van der Waals surface area contributed by atoms with Crippen molar-refractivity contribution in [2.24, 2.45) is 5.92 Å². The van der Waals surface area contributed by atoms with Crippen LogP contribution in [0.2, 0.25) is 0 Å². The summed E-state index contributed by atoms with van der Waals surface area (Å²) >= 11 is 0. The van der Waals surface area contributed by atoms with Crippen LogP contribution in [0.25, 0.3) is 0 Å². The maximum Gasteiger partial charge on any atom is 0.323 e. The van der Waals surface area contributed by atoms with Gasteiger partial charge in [0.2, 0.25) is 5.91 Å². The summed E-state index contributed by atoms with van der Waals surface area (Å²) in [6, 6.07) is 4.98. The van der Waals surface area contributed by atoms with E-state index in [1.165, 1.54) is 4.90 Å². The molecule has 0 atom stereocenters. The largest absolute Gasteiger partial charge is 0.480 e. The highest BCUT2D eigenvalue weighted by Crippen LogP contribution is 2.24. The molecule has 112 valence electrons. The lowest BCUT2D eigenvalue weighted by Gasteiger charge is -2.23. The number of amides is 2. The molecular weight excluding hydrogens is 272 g/mol. The molecular formula is C15H18N2O4. The van der Waals surface area contributed by atoms with Crippen molar-refractivity contribution in [1.29, 1.82) is 0 Å². The van der Waals surface area contributed by atoms with E-state index in [1.807, 2.05) is 13.8 Å². The first-order valence-electron chi connectivity index (χ1n) is 6.80. The molecule has 1 aromatic carbocycles. The first kappa shape index (κ1) is 15.0. The maximum atomic E-state index is 12.4. The number of carbonyl (C=O) groups excluding carboxylic acids is 2. The highest BCUT2D eigenvalue weighted by atomic mass is 16.4. The summed E-state index contributed by atoms with van der Waals surface area (Å²) in [5.74, 6) is -1.31. The Kier molecular flexibility index (Phi) is 4.26. The van der Waals surface area contributed by atoms with Crippen LogP contribution in [-0.2, 0) is 16.0 Å². The Morgan fingerprint density at radius 1 is 1.38 bits per heavy atom. The van der Waals surface area contributed by atoms with Gasteiger partial charge in [-0.25, -0.2) is 0 Å². The first-order chi connectivity index (χ1) is 9.86. The minimum atomic E-state index is -1.04. The summed E-state index contributed by atoms with van der Waals surface area (Å²) in [6.07, 6.45) is 0.314. The SMILES string of the molecule is CC(C)CN(CC(=O)O)C(=O)c1ccc2c(c1)NC(=O)C2. The number of aliphatic carboxylic acids is 1. The van der Waals surface area contributed by atoms with Crippen LogP contribution in [0.4, 0.5) is 5.69 Å². The number of carbonyl (C=O) groups is 3. The fraction of sp³-hybridized carbons (Fsp3) is 0.400. The Hall–Kier alpha value is -2.37. The van der Waals surface area contributed by atoms with Crippen LogP contribution in [0, 0.1) is 5.92 Å². The van der Waals surface area contributed by atoms with Crippen molar-refractivity contribution in [3.8, 4) is 0 Å².